The van der Waals surface area contributed by atoms with Gasteiger partial charge in [-0.3, -0.25) is 0 Å². The molecular weight excluding hydrogens is 258 g/mol. The molecule has 116 valence electrons. The summed E-state index contributed by atoms with van der Waals surface area (Å²) in [5.74, 6) is 1.16. The molecule has 1 aromatic carbocycles. The maximum atomic E-state index is 10.9. The Kier molecular flexibility index (Phi) is 4.54. The van der Waals surface area contributed by atoms with Gasteiger partial charge in [0.2, 0.25) is 0 Å². The van der Waals surface area contributed by atoms with E-state index in [-0.39, 0.29) is 6.10 Å². The van der Waals surface area contributed by atoms with Gasteiger partial charge in [-0.15, -0.1) is 0 Å². The molecule has 3 unspecified atom stereocenters. The first-order valence-corrected chi connectivity index (χ1v) is 8.72. The van der Waals surface area contributed by atoms with E-state index >= 15 is 0 Å². The van der Waals surface area contributed by atoms with Crippen LogP contribution >= 0.6 is 0 Å². The number of aryl methyl sites for hydroxylation is 1. The minimum absolute atomic E-state index is 0.271. The van der Waals surface area contributed by atoms with Crippen LogP contribution in [0.1, 0.15) is 62.7 Å². The third-order valence-electron chi connectivity index (χ3n) is 5.69. The first-order chi connectivity index (χ1) is 10.2. The number of fused-ring (bicyclic) bond motifs is 1. The molecule has 1 N–H and O–H groups in total. The Labute approximate surface area is 129 Å². The van der Waals surface area contributed by atoms with E-state index in [1.165, 1.54) is 49.8 Å². The third-order valence-corrected chi connectivity index (χ3v) is 5.69. The van der Waals surface area contributed by atoms with Gasteiger partial charge in [0, 0.05) is 19.3 Å². The molecule has 3 rings (SSSR count). The van der Waals surface area contributed by atoms with Crippen LogP contribution in [0.2, 0.25) is 0 Å². The second kappa shape index (κ2) is 6.39. The van der Waals surface area contributed by atoms with E-state index in [0.29, 0.717) is 11.8 Å². The number of hydrogen-bond acceptors (Lipinski definition) is 2. The van der Waals surface area contributed by atoms with E-state index < -0.39 is 0 Å². The molecule has 2 aliphatic rings. The molecule has 0 amide bonds. The zero-order valence-electron chi connectivity index (χ0n) is 13.5. The summed E-state index contributed by atoms with van der Waals surface area (Å²) in [7, 11) is 2.17. The van der Waals surface area contributed by atoms with Crippen molar-refractivity contribution in [2.45, 2.75) is 58.0 Å². The molecule has 3 atom stereocenters. The number of aliphatic hydroxyl groups is 1. The Morgan fingerprint density at radius 1 is 1.24 bits per heavy atom. The number of anilines is 1. The fourth-order valence-corrected chi connectivity index (χ4v) is 4.40. The number of benzene rings is 1. The molecule has 1 heterocycles. The zero-order valence-corrected chi connectivity index (χ0v) is 13.5. The standard InChI is InChI=1S/C19H29NO/c1-3-14-7-4-5-9-17(14)19(21)16-10-11-18-15(13-16)8-6-12-20(18)2/h10-11,13-14,17,19,21H,3-9,12H2,1-2H3. The van der Waals surface area contributed by atoms with Gasteiger partial charge in [-0.25, -0.2) is 0 Å². The molecule has 0 radical (unpaired) electrons. The van der Waals surface area contributed by atoms with Gasteiger partial charge in [0.15, 0.2) is 0 Å². The quantitative estimate of drug-likeness (QED) is 0.895. The summed E-state index contributed by atoms with van der Waals surface area (Å²) < 4.78 is 0. The second-order valence-corrected chi connectivity index (χ2v) is 6.97. The summed E-state index contributed by atoms with van der Waals surface area (Å²) in [6.45, 7) is 3.42. The predicted octanol–water partition coefficient (Wildman–Crippen LogP) is 4.32. The monoisotopic (exact) mass is 287 g/mol. The highest BCUT2D eigenvalue weighted by atomic mass is 16.3. The van der Waals surface area contributed by atoms with Gasteiger partial charge in [0.25, 0.3) is 0 Å². The maximum absolute atomic E-state index is 10.9. The van der Waals surface area contributed by atoms with E-state index in [4.69, 9.17) is 0 Å². The summed E-state index contributed by atoms with van der Waals surface area (Å²) in [5.41, 5.74) is 3.92. The highest BCUT2D eigenvalue weighted by molar-refractivity contribution is 5.56. The van der Waals surface area contributed by atoms with E-state index in [2.05, 4.69) is 37.1 Å². The fraction of sp³-hybridized carbons (Fsp3) is 0.684. The van der Waals surface area contributed by atoms with E-state index in [0.717, 1.165) is 18.5 Å². The smallest absolute Gasteiger partial charge is 0.0820 e. The molecule has 1 aliphatic heterocycles. The molecule has 1 saturated carbocycles. The Balaban J connectivity index is 1.82. The highest BCUT2D eigenvalue weighted by Crippen LogP contribution is 2.41. The Morgan fingerprint density at radius 2 is 2.05 bits per heavy atom. The first kappa shape index (κ1) is 14.9. The molecule has 0 bridgehead atoms. The van der Waals surface area contributed by atoms with Crippen molar-refractivity contribution in [3.05, 3.63) is 29.3 Å². The molecule has 2 nitrogen and oxygen atoms in total. The number of nitrogens with zero attached hydrogens (tertiary/aromatic N) is 1. The van der Waals surface area contributed by atoms with Gasteiger partial charge in [0.05, 0.1) is 6.10 Å². The molecule has 1 fully saturated rings. The molecule has 21 heavy (non-hydrogen) atoms. The van der Waals surface area contributed by atoms with Crippen molar-refractivity contribution in [1.29, 1.82) is 0 Å². The second-order valence-electron chi connectivity index (χ2n) is 6.97. The summed E-state index contributed by atoms with van der Waals surface area (Å²) >= 11 is 0. The van der Waals surface area contributed by atoms with Crippen LogP contribution in [0, 0.1) is 11.8 Å². The van der Waals surface area contributed by atoms with Crippen molar-refractivity contribution in [2.75, 3.05) is 18.5 Å². The van der Waals surface area contributed by atoms with Crippen molar-refractivity contribution < 1.29 is 5.11 Å². The van der Waals surface area contributed by atoms with Crippen LogP contribution < -0.4 is 4.90 Å². The topological polar surface area (TPSA) is 23.5 Å². The Hall–Kier alpha value is -1.02. The zero-order chi connectivity index (χ0) is 14.8. The van der Waals surface area contributed by atoms with Crippen LogP contribution in [0.15, 0.2) is 18.2 Å². The molecule has 1 aliphatic carbocycles. The summed E-state index contributed by atoms with van der Waals surface area (Å²) in [5, 5.41) is 10.9. The Morgan fingerprint density at radius 3 is 2.86 bits per heavy atom. The lowest BCUT2D eigenvalue weighted by atomic mass is 9.73. The van der Waals surface area contributed by atoms with Gasteiger partial charge in [-0.2, -0.15) is 0 Å². The molecule has 1 aromatic rings. The van der Waals surface area contributed by atoms with Crippen LogP contribution in [0.3, 0.4) is 0 Å². The SMILES string of the molecule is CCC1CCCCC1C(O)c1ccc2c(c1)CCCN2C. The molecule has 0 saturated heterocycles. The van der Waals surface area contributed by atoms with E-state index in [1.54, 1.807) is 0 Å². The highest BCUT2D eigenvalue weighted by Gasteiger charge is 2.31. The summed E-state index contributed by atoms with van der Waals surface area (Å²) in [6.07, 6.45) is 8.43. The van der Waals surface area contributed by atoms with Gasteiger partial charge < -0.3 is 10.0 Å². The summed E-state index contributed by atoms with van der Waals surface area (Å²) in [6, 6.07) is 6.65. The molecule has 0 spiro atoms. The fourth-order valence-electron chi connectivity index (χ4n) is 4.40. The van der Waals surface area contributed by atoms with Crippen LogP contribution in [0.4, 0.5) is 5.69 Å². The lowest BCUT2D eigenvalue weighted by Crippen LogP contribution is -2.27. The normalized spacial score (nSPS) is 27.3. The minimum Gasteiger partial charge on any atom is -0.388 e. The molecule has 2 heteroatoms. The molecule has 0 aromatic heterocycles. The first-order valence-electron chi connectivity index (χ1n) is 8.72. The van der Waals surface area contributed by atoms with Crippen molar-refractivity contribution in [2.24, 2.45) is 11.8 Å². The van der Waals surface area contributed by atoms with Crippen LogP contribution in [-0.2, 0) is 6.42 Å². The van der Waals surface area contributed by atoms with Gasteiger partial charge in [-0.05, 0) is 48.3 Å². The number of hydrogen-bond donors (Lipinski definition) is 1. The lowest BCUT2D eigenvalue weighted by Gasteiger charge is -2.35. The van der Waals surface area contributed by atoms with Crippen molar-refractivity contribution >= 4 is 5.69 Å². The predicted molar refractivity (Wildman–Crippen MR) is 88.7 cm³/mol. The van der Waals surface area contributed by atoms with E-state index in [9.17, 15) is 5.11 Å². The molecular formula is C19H29NO. The number of aliphatic hydroxyl groups excluding tert-OH is 1. The van der Waals surface area contributed by atoms with Crippen LogP contribution in [-0.4, -0.2) is 18.7 Å². The maximum Gasteiger partial charge on any atom is 0.0820 e. The average Bonchev–Trinajstić information content (AvgIpc) is 2.54. The van der Waals surface area contributed by atoms with Gasteiger partial charge >= 0.3 is 0 Å². The summed E-state index contributed by atoms with van der Waals surface area (Å²) in [4.78, 5) is 2.34. The number of rotatable bonds is 3. The minimum atomic E-state index is -0.271. The van der Waals surface area contributed by atoms with Gasteiger partial charge in [-0.1, -0.05) is 44.7 Å². The largest absolute Gasteiger partial charge is 0.388 e. The van der Waals surface area contributed by atoms with Gasteiger partial charge in [0.1, 0.15) is 0 Å². The van der Waals surface area contributed by atoms with E-state index in [1.807, 2.05) is 0 Å². The van der Waals surface area contributed by atoms with Crippen molar-refractivity contribution in [3.63, 3.8) is 0 Å². The Bertz CT molecular complexity index is 484. The third kappa shape index (κ3) is 2.96. The average molecular weight is 287 g/mol. The van der Waals surface area contributed by atoms with Crippen molar-refractivity contribution in [1.82, 2.24) is 0 Å². The van der Waals surface area contributed by atoms with Crippen LogP contribution in [0.5, 0.6) is 0 Å². The van der Waals surface area contributed by atoms with Crippen LogP contribution in [0.25, 0.3) is 0 Å². The lowest BCUT2D eigenvalue weighted by molar-refractivity contribution is 0.0451. The van der Waals surface area contributed by atoms with Crippen molar-refractivity contribution in [3.8, 4) is 0 Å².